The van der Waals surface area contributed by atoms with Crippen molar-refractivity contribution in [3.05, 3.63) is 71.5 Å². The van der Waals surface area contributed by atoms with E-state index < -0.39 is 214 Å². The van der Waals surface area contributed by atoms with Gasteiger partial charge in [-0.3, -0.25) is 24.0 Å². The number of carbonyl (C=O) groups is 5. The van der Waals surface area contributed by atoms with E-state index in [-0.39, 0.29) is 63.4 Å². The fourth-order valence-corrected chi connectivity index (χ4v) is 16.8. The van der Waals surface area contributed by atoms with Crippen molar-refractivity contribution in [1.29, 1.82) is 0 Å². The molecule has 652 valence electrons. The van der Waals surface area contributed by atoms with Crippen molar-refractivity contribution in [1.82, 2.24) is 36.3 Å². The highest BCUT2D eigenvalue weighted by Crippen LogP contribution is 2.46. The Morgan fingerprint density at radius 3 is 1.21 bits per heavy atom. The van der Waals surface area contributed by atoms with E-state index in [1.807, 2.05) is 36.4 Å². The minimum Gasteiger partial charge on any atom is -0.465 e. The molecule has 4 N–H and O–H groups in total. The highest BCUT2D eigenvalue weighted by atomic mass is 16.8. The Labute approximate surface area is 674 Å². The minimum absolute atomic E-state index is 0.0141. The van der Waals surface area contributed by atoms with Crippen molar-refractivity contribution in [3.63, 3.8) is 0 Å². The number of ether oxygens (including phenoxy) is 27. The molecular formula is C77H117N7O32. The molecule has 6 saturated heterocycles. The van der Waals surface area contributed by atoms with E-state index in [1.54, 1.807) is 13.8 Å². The van der Waals surface area contributed by atoms with Crippen molar-refractivity contribution in [2.45, 2.75) is 224 Å². The number of rotatable bonds is 40. The molecule has 7 heterocycles. The summed E-state index contributed by atoms with van der Waals surface area (Å²) < 4.78 is 169. The van der Waals surface area contributed by atoms with Crippen molar-refractivity contribution in [2.75, 3.05) is 153 Å². The van der Waals surface area contributed by atoms with Crippen molar-refractivity contribution < 1.29 is 152 Å². The summed E-state index contributed by atoms with van der Waals surface area (Å²) in [7, 11) is 23.5. The Hall–Kier alpha value is -6.11. The lowest BCUT2D eigenvalue weighted by Crippen LogP contribution is -2.69. The number of methoxy groups -OCH3 is 16. The van der Waals surface area contributed by atoms with Crippen LogP contribution in [-0.4, -0.2) is 376 Å². The van der Waals surface area contributed by atoms with Crippen LogP contribution in [0.5, 0.6) is 0 Å². The molecule has 1 aliphatic carbocycles. The molecule has 116 heavy (non-hydrogen) atoms. The number of hydrogen-bond acceptors (Lipinski definition) is 34. The van der Waals surface area contributed by atoms with Crippen LogP contribution in [0.2, 0.25) is 0 Å². The van der Waals surface area contributed by atoms with Crippen LogP contribution in [0.1, 0.15) is 67.2 Å². The molecule has 0 saturated carbocycles. The largest absolute Gasteiger partial charge is 0.465 e. The van der Waals surface area contributed by atoms with Gasteiger partial charge in [-0.25, -0.2) is 4.68 Å². The lowest BCUT2D eigenvalue weighted by Gasteiger charge is -2.51. The number of fused-ring (bicyclic) bond motifs is 3. The molecule has 39 heteroatoms. The predicted molar refractivity (Wildman–Crippen MR) is 399 cm³/mol. The Bertz CT molecular complexity index is 3530. The van der Waals surface area contributed by atoms with Crippen LogP contribution in [0, 0.1) is 0 Å². The van der Waals surface area contributed by atoms with Gasteiger partial charge < -0.3 is 149 Å². The summed E-state index contributed by atoms with van der Waals surface area (Å²) in [6.07, 6.45) is -26.1. The van der Waals surface area contributed by atoms with Gasteiger partial charge in [0, 0.05) is 133 Å². The number of aromatic nitrogens is 3. The topological polar surface area (TPSA) is 413 Å². The van der Waals surface area contributed by atoms with E-state index in [1.165, 1.54) is 132 Å². The van der Waals surface area contributed by atoms with Crippen LogP contribution in [0.15, 0.2) is 54.7 Å². The fourth-order valence-electron chi connectivity index (χ4n) is 16.8. The van der Waals surface area contributed by atoms with Gasteiger partial charge in [0.2, 0.25) is 17.7 Å². The molecule has 7 aliphatic rings. The van der Waals surface area contributed by atoms with Gasteiger partial charge in [0.15, 0.2) is 43.3 Å². The zero-order chi connectivity index (χ0) is 83.6. The summed E-state index contributed by atoms with van der Waals surface area (Å²) in [6, 6.07) is 14.7. The van der Waals surface area contributed by atoms with Gasteiger partial charge >= 0.3 is 5.97 Å². The van der Waals surface area contributed by atoms with Gasteiger partial charge in [-0.2, -0.15) is 0 Å². The van der Waals surface area contributed by atoms with Crippen LogP contribution in [0.25, 0.3) is 11.1 Å². The maximum Gasteiger partial charge on any atom is 0.306 e. The monoisotopic (exact) mass is 1650 g/mol. The van der Waals surface area contributed by atoms with Crippen molar-refractivity contribution in [3.8, 4) is 11.1 Å². The normalized spacial score (nSPS) is 35.9. The quantitative estimate of drug-likeness (QED) is 0.0549. The summed E-state index contributed by atoms with van der Waals surface area (Å²) in [6.45, 7) is 4.31. The number of nitrogens with one attached hydrogen (secondary N) is 4. The highest BCUT2D eigenvalue weighted by molar-refractivity contribution is 5.94. The summed E-state index contributed by atoms with van der Waals surface area (Å²) in [4.78, 5) is 67.0. The Balaban J connectivity index is 0.741. The standard InChI is InChI=1S/C77H117N7O32/c1-37-53(79-39(3)85)59(94-8)67(102-16)74(107-37)113-57-48(35-92-6)111-76(69(104-18)63(57)98-12)116-56-47(34-91-5)110-73(66(101-15)62(56)97-11)81-51(87)30-78-71(89)45-31-84(83-82-45)54-38(2)108-75(68(103-17)60(54)95-9)114-58-49(36-93-7)112-77(70(105-19)64(58)99-13)115-55-46(33-90-4)109-72(65(100-14)61(55)96-10)80-50(86)28-29-52(88)106-32-44-42-26-22-20-24-40(42)41-25-21-23-27-43(41)44/h20-27,31,37-38,44,46-49,53-70,72-77H,28-30,32-36H2,1-19H3,(H,78,89)(H,79,85)(H,80,86)(H,81,87)/t37?,38?,46?,47?,48?,49?,53-,54-,55-,56-,57-,58-,59-,60-,61-,62-,63-,64-,65?,66?,67?,68?,69?,70?,72?,73?,74-,75-,76-,77-/m0/s1. The van der Waals surface area contributed by atoms with E-state index in [2.05, 4.69) is 43.7 Å². The van der Waals surface area contributed by atoms with Crippen LogP contribution in [0.3, 0.4) is 0 Å². The number of hydrogen-bond donors (Lipinski definition) is 4. The smallest absolute Gasteiger partial charge is 0.306 e. The molecule has 4 amide bonds. The molecule has 6 aliphatic heterocycles. The van der Waals surface area contributed by atoms with E-state index in [9.17, 15) is 24.0 Å². The average molecular weight is 1650 g/mol. The summed E-state index contributed by atoms with van der Waals surface area (Å²) >= 11 is 0. The molecule has 39 nitrogen and oxygen atoms in total. The zero-order valence-corrected chi connectivity index (χ0v) is 69.2. The fraction of sp³-hybridized carbons (Fsp3) is 0.753. The second-order valence-corrected chi connectivity index (χ2v) is 28.9. The van der Waals surface area contributed by atoms with Gasteiger partial charge in [-0.05, 0) is 36.1 Å². The molecule has 3 aromatic rings. The van der Waals surface area contributed by atoms with E-state index in [0.29, 0.717) is 0 Å². The third kappa shape index (κ3) is 20.7. The number of nitrogens with zero attached hydrogens (tertiary/aromatic N) is 3. The maximum absolute atomic E-state index is 14.0. The summed E-state index contributed by atoms with van der Waals surface area (Å²) in [5, 5.41) is 19.7. The van der Waals surface area contributed by atoms with Gasteiger partial charge in [0.1, 0.15) is 135 Å². The molecule has 14 unspecified atom stereocenters. The lowest BCUT2D eigenvalue weighted by molar-refractivity contribution is -0.376. The first-order chi connectivity index (χ1) is 56.1. The first kappa shape index (κ1) is 92.2. The number of amides is 4. The average Bonchev–Trinajstić information content (AvgIpc) is 1.15. The van der Waals surface area contributed by atoms with E-state index >= 15 is 0 Å². The molecule has 0 bridgehead atoms. The number of benzene rings is 2. The molecule has 2 aromatic carbocycles. The van der Waals surface area contributed by atoms with Gasteiger partial charge in [-0.1, -0.05) is 53.7 Å². The lowest BCUT2D eigenvalue weighted by atomic mass is 9.94. The Morgan fingerprint density at radius 1 is 0.405 bits per heavy atom. The Morgan fingerprint density at radius 2 is 0.784 bits per heavy atom. The predicted octanol–water partition coefficient (Wildman–Crippen LogP) is 0.118. The maximum atomic E-state index is 14.0. The second-order valence-electron chi connectivity index (χ2n) is 28.9. The Kier molecular flexibility index (Phi) is 34.9. The van der Waals surface area contributed by atoms with Gasteiger partial charge in [0.25, 0.3) is 5.91 Å². The molecule has 30 atom stereocenters. The third-order valence-corrected chi connectivity index (χ3v) is 22.1. The minimum atomic E-state index is -1.22. The first-order valence-electron chi connectivity index (χ1n) is 38.4. The first-order valence-corrected chi connectivity index (χ1v) is 38.4. The van der Waals surface area contributed by atoms with Crippen LogP contribution in [0.4, 0.5) is 0 Å². The molecule has 10 rings (SSSR count). The third-order valence-electron chi connectivity index (χ3n) is 22.1. The molecular weight excluding hydrogens is 1530 g/mol. The van der Waals surface area contributed by atoms with Gasteiger partial charge in [0.05, 0.1) is 63.8 Å². The van der Waals surface area contributed by atoms with Gasteiger partial charge in [-0.15, -0.1) is 5.10 Å². The number of esters is 1. The van der Waals surface area contributed by atoms with Crippen LogP contribution < -0.4 is 21.3 Å². The summed E-state index contributed by atoms with van der Waals surface area (Å²) in [5.74, 6) is -2.90. The summed E-state index contributed by atoms with van der Waals surface area (Å²) in [5.41, 5.74) is 4.18. The number of carbonyl (C=O) groups excluding carboxylic acids is 5. The SMILES string of the molecule is COCC1OC(NC(=O)CNC(=O)c2cn([C@H]3C(C)O[C@@H](O[C@H]4C(COC)O[C@@H](O[C@H]5C(COC)OC(NC(=O)CCC(=O)OCC6c7ccccc7-c7ccccc76)C(OC)[C@H]5OC)C(OC)[C@H]4OC)C(OC)[C@H]3OC)nn2)C(OC)[C@@H](OC)[C@H]1O[C@@H]1OC(COC)[C@H](O[C@@H]2OC(C)[C@H](NC(C)=O)[C@H](OC)C2OC)[C@H](OC)C1OC. The molecule has 6 fully saturated rings. The van der Waals surface area contributed by atoms with Crippen LogP contribution in [-0.2, 0) is 147 Å². The molecule has 0 spiro atoms. The van der Waals surface area contributed by atoms with E-state index in [4.69, 9.17) is 128 Å². The highest BCUT2D eigenvalue weighted by Gasteiger charge is 2.59. The van der Waals surface area contributed by atoms with Crippen molar-refractivity contribution >= 4 is 29.6 Å². The second kappa shape index (κ2) is 43.9. The zero-order valence-electron chi connectivity index (χ0n) is 69.2. The van der Waals surface area contributed by atoms with E-state index in [0.717, 1.165) is 22.3 Å². The van der Waals surface area contributed by atoms with Crippen LogP contribution >= 0.6 is 0 Å². The molecule has 0 radical (unpaired) electrons. The molecule has 1 aromatic heterocycles. The van der Waals surface area contributed by atoms with Crippen molar-refractivity contribution in [2.24, 2.45) is 0 Å².